The summed E-state index contributed by atoms with van der Waals surface area (Å²) in [6.45, 7) is 5.71. The molecule has 0 N–H and O–H groups in total. The number of carbonyl (C=O) groups excluding carboxylic acids is 1. The molecular formula is C17H23N3O. The van der Waals surface area contributed by atoms with E-state index in [0.717, 1.165) is 50.1 Å². The summed E-state index contributed by atoms with van der Waals surface area (Å²) < 4.78 is 2.32. The number of aryl methyl sites for hydroxylation is 1. The number of hydrogen-bond donors (Lipinski definition) is 0. The Kier molecular flexibility index (Phi) is 3.95. The third-order valence-corrected chi connectivity index (χ3v) is 4.37. The van der Waals surface area contributed by atoms with Crippen molar-refractivity contribution in [1.82, 2.24) is 14.5 Å². The molecule has 1 aliphatic heterocycles. The maximum atomic E-state index is 11.9. The first-order valence-electron chi connectivity index (χ1n) is 7.94. The minimum atomic E-state index is 0.145. The Morgan fingerprint density at radius 3 is 2.95 bits per heavy atom. The number of unbranched alkanes of at least 4 members (excludes halogenated alkanes) is 1. The number of imidazole rings is 1. The second-order valence-corrected chi connectivity index (χ2v) is 5.83. The molecule has 4 heteroatoms. The summed E-state index contributed by atoms with van der Waals surface area (Å²) in [7, 11) is 0. The molecule has 0 saturated carbocycles. The Balaban J connectivity index is 2.06. The van der Waals surface area contributed by atoms with Crippen molar-refractivity contribution in [2.45, 2.75) is 52.1 Å². The van der Waals surface area contributed by atoms with E-state index in [1.165, 1.54) is 5.52 Å². The van der Waals surface area contributed by atoms with E-state index in [-0.39, 0.29) is 11.9 Å². The smallest absolute Gasteiger partial charge is 0.220 e. The van der Waals surface area contributed by atoms with Crippen molar-refractivity contribution < 1.29 is 4.79 Å². The van der Waals surface area contributed by atoms with Crippen molar-refractivity contribution in [2.75, 3.05) is 6.54 Å². The van der Waals surface area contributed by atoms with E-state index in [0.29, 0.717) is 0 Å². The van der Waals surface area contributed by atoms with Crippen LogP contribution in [0.25, 0.3) is 11.0 Å². The highest BCUT2D eigenvalue weighted by atomic mass is 16.2. The molecule has 21 heavy (non-hydrogen) atoms. The highest BCUT2D eigenvalue weighted by molar-refractivity contribution is 5.77. The number of likely N-dealkylation sites (tertiary alicyclic amines) is 1. The van der Waals surface area contributed by atoms with Gasteiger partial charge in [-0.25, -0.2) is 4.98 Å². The third kappa shape index (κ3) is 2.55. The van der Waals surface area contributed by atoms with Crippen molar-refractivity contribution in [3.63, 3.8) is 0 Å². The Morgan fingerprint density at radius 2 is 2.19 bits per heavy atom. The maximum absolute atomic E-state index is 11.9. The van der Waals surface area contributed by atoms with Crippen molar-refractivity contribution in [1.29, 1.82) is 0 Å². The second-order valence-electron chi connectivity index (χ2n) is 5.83. The quantitative estimate of drug-likeness (QED) is 0.862. The van der Waals surface area contributed by atoms with Crippen LogP contribution in [0.15, 0.2) is 24.3 Å². The minimum absolute atomic E-state index is 0.145. The van der Waals surface area contributed by atoms with E-state index in [2.05, 4.69) is 29.7 Å². The average Bonchev–Trinajstić information content (AvgIpc) is 3.09. The molecule has 1 atom stereocenters. The molecule has 1 saturated heterocycles. The fourth-order valence-corrected chi connectivity index (χ4v) is 3.31. The summed E-state index contributed by atoms with van der Waals surface area (Å²) in [5.74, 6) is 1.23. The number of carbonyl (C=O) groups is 1. The van der Waals surface area contributed by atoms with Gasteiger partial charge in [0.05, 0.1) is 17.1 Å². The zero-order valence-corrected chi connectivity index (χ0v) is 12.9. The molecule has 0 bridgehead atoms. The summed E-state index contributed by atoms with van der Waals surface area (Å²) in [6.07, 6.45) is 4.39. The largest absolute Gasteiger partial charge is 0.333 e. The van der Waals surface area contributed by atoms with Crippen LogP contribution in [0.3, 0.4) is 0 Å². The van der Waals surface area contributed by atoms with Crippen LogP contribution in [-0.4, -0.2) is 26.9 Å². The Morgan fingerprint density at radius 1 is 1.38 bits per heavy atom. The molecule has 1 amide bonds. The van der Waals surface area contributed by atoms with E-state index < -0.39 is 0 Å². The van der Waals surface area contributed by atoms with Gasteiger partial charge in [-0.15, -0.1) is 0 Å². The lowest BCUT2D eigenvalue weighted by molar-refractivity contribution is -0.129. The highest BCUT2D eigenvalue weighted by Gasteiger charge is 2.31. The number of rotatable bonds is 4. The monoisotopic (exact) mass is 285 g/mol. The normalized spacial score (nSPS) is 18.6. The minimum Gasteiger partial charge on any atom is -0.333 e. The number of hydrogen-bond acceptors (Lipinski definition) is 2. The van der Waals surface area contributed by atoms with Gasteiger partial charge in [-0.05, 0) is 31.4 Å². The van der Waals surface area contributed by atoms with Gasteiger partial charge in [0.2, 0.25) is 5.91 Å². The van der Waals surface area contributed by atoms with Crippen LogP contribution < -0.4 is 0 Å². The van der Waals surface area contributed by atoms with Gasteiger partial charge in [0.15, 0.2) is 0 Å². The predicted octanol–water partition coefficient (Wildman–Crippen LogP) is 3.52. The SMILES string of the molecule is CCCCn1c(C2CCCN2C(C)=O)nc2ccccc21. The summed E-state index contributed by atoms with van der Waals surface area (Å²) in [4.78, 5) is 18.7. The van der Waals surface area contributed by atoms with E-state index in [4.69, 9.17) is 4.98 Å². The van der Waals surface area contributed by atoms with Gasteiger partial charge >= 0.3 is 0 Å². The molecular weight excluding hydrogens is 262 g/mol. The number of amides is 1. The fourth-order valence-electron chi connectivity index (χ4n) is 3.31. The van der Waals surface area contributed by atoms with Gasteiger partial charge < -0.3 is 9.47 Å². The molecule has 0 spiro atoms. The lowest BCUT2D eigenvalue weighted by Gasteiger charge is -2.23. The summed E-state index contributed by atoms with van der Waals surface area (Å²) in [5, 5.41) is 0. The molecule has 2 heterocycles. The standard InChI is InChI=1S/C17H23N3O/c1-3-4-11-20-15-9-6-5-8-14(15)18-17(20)16-10-7-12-19(16)13(2)21/h5-6,8-9,16H,3-4,7,10-12H2,1-2H3. The third-order valence-electron chi connectivity index (χ3n) is 4.37. The number of benzene rings is 1. The van der Waals surface area contributed by atoms with Crippen molar-refractivity contribution >= 4 is 16.9 Å². The molecule has 1 aliphatic rings. The van der Waals surface area contributed by atoms with E-state index in [1.54, 1.807) is 6.92 Å². The van der Waals surface area contributed by atoms with Crippen LogP contribution in [0, 0.1) is 0 Å². The second kappa shape index (κ2) is 5.88. The van der Waals surface area contributed by atoms with Gasteiger partial charge in [0.1, 0.15) is 5.82 Å². The van der Waals surface area contributed by atoms with Crippen LogP contribution in [0.4, 0.5) is 0 Å². The van der Waals surface area contributed by atoms with Crippen LogP contribution in [-0.2, 0) is 11.3 Å². The highest BCUT2D eigenvalue weighted by Crippen LogP contribution is 2.33. The Labute approximate surface area is 125 Å². The van der Waals surface area contributed by atoms with Crippen LogP contribution in [0.5, 0.6) is 0 Å². The summed E-state index contributed by atoms with van der Waals surface area (Å²) >= 11 is 0. The molecule has 112 valence electrons. The van der Waals surface area contributed by atoms with Crippen LogP contribution in [0.2, 0.25) is 0 Å². The Bertz CT molecular complexity index is 647. The van der Waals surface area contributed by atoms with Crippen molar-refractivity contribution in [3.8, 4) is 0 Å². The molecule has 0 aliphatic carbocycles. The molecule has 2 aromatic rings. The van der Waals surface area contributed by atoms with Crippen LogP contribution >= 0.6 is 0 Å². The molecule has 4 nitrogen and oxygen atoms in total. The summed E-state index contributed by atoms with van der Waals surface area (Å²) in [6, 6.07) is 8.43. The Hall–Kier alpha value is -1.84. The maximum Gasteiger partial charge on any atom is 0.220 e. The first-order chi connectivity index (χ1) is 10.2. The molecule has 1 fully saturated rings. The number of aromatic nitrogens is 2. The van der Waals surface area contributed by atoms with Gasteiger partial charge in [0, 0.05) is 20.0 Å². The zero-order valence-electron chi connectivity index (χ0n) is 12.9. The molecule has 1 aromatic heterocycles. The lowest BCUT2D eigenvalue weighted by atomic mass is 10.2. The van der Waals surface area contributed by atoms with Gasteiger partial charge in [0.25, 0.3) is 0 Å². The first-order valence-corrected chi connectivity index (χ1v) is 7.94. The number of para-hydroxylation sites is 2. The molecule has 0 radical (unpaired) electrons. The average molecular weight is 285 g/mol. The van der Waals surface area contributed by atoms with Gasteiger partial charge in [-0.1, -0.05) is 25.5 Å². The fraction of sp³-hybridized carbons (Fsp3) is 0.529. The van der Waals surface area contributed by atoms with E-state index >= 15 is 0 Å². The van der Waals surface area contributed by atoms with Gasteiger partial charge in [-0.2, -0.15) is 0 Å². The van der Waals surface area contributed by atoms with E-state index in [1.807, 2.05) is 11.0 Å². The molecule has 1 aromatic carbocycles. The van der Waals surface area contributed by atoms with Crippen molar-refractivity contribution in [3.05, 3.63) is 30.1 Å². The first kappa shape index (κ1) is 14.1. The van der Waals surface area contributed by atoms with Crippen molar-refractivity contribution in [2.24, 2.45) is 0 Å². The number of nitrogens with zero attached hydrogens (tertiary/aromatic N) is 3. The topological polar surface area (TPSA) is 38.1 Å². The van der Waals surface area contributed by atoms with Gasteiger partial charge in [-0.3, -0.25) is 4.79 Å². The van der Waals surface area contributed by atoms with E-state index in [9.17, 15) is 4.79 Å². The predicted molar refractivity (Wildman–Crippen MR) is 84.0 cm³/mol. The number of fused-ring (bicyclic) bond motifs is 1. The molecule has 3 rings (SSSR count). The molecule has 1 unspecified atom stereocenters. The lowest BCUT2D eigenvalue weighted by Crippen LogP contribution is -2.29. The van der Waals surface area contributed by atoms with Crippen LogP contribution in [0.1, 0.15) is 51.4 Å². The zero-order chi connectivity index (χ0) is 14.8. The summed E-state index contributed by atoms with van der Waals surface area (Å²) in [5.41, 5.74) is 2.23.